The molecule has 0 bridgehead atoms. The van der Waals surface area contributed by atoms with Crippen LogP contribution in [0.5, 0.6) is 5.75 Å². The summed E-state index contributed by atoms with van der Waals surface area (Å²) in [6.45, 7) is 0.843. The van der Waals surface area contributed by atoms with Gasteiger partial charge in [0.1, 0.15) is 15.6 Å². The maximum Gasteiger partial charge on any atom is 0.147 e. The minimum atomic E-state index is -2.86. The number of aliphatic hydroxyl groups excluding tert-OH is 1. The molecule has 1 aliphatic rings. The highest BCUT2D eigenvalue weighted by Gasteiger charge is 2.25. The SMILES string of the molecule is CS(=O)(=O)CCCCOc1ccc(C2CC[C@H](CO)C2)cc1. The number of benzene rings is 1. The molecule has 1 unspecified atom stereocenters. The summed E-state index contributed by atoms with van der Waals surface area (Å²) in [5, 5.41) is 9.21. The maximum absolute atomic E-state index is 11.0. The third-order valence-electron chi connectivity index (χ3n) is 4.33. The van der Waals surface area contributed by atoms with Crippen molar-refractivity contribution in [2.45, 2.75) is 38.0 Å². The molecule has 2 atom stereocenters. The second-order valence-corrected chi connectivity index (χ2v) is 8.57. The standard InChI is InChI=1S/C17H26O4S/c1-22(19,20)11-3-2-10-21-17-8-6-15(7-9-17)16-5-4-14(12-16)13-18/h6-9,14,16,18H,2-5,10-13H2,1H3/t14-,16?/m0/s1. The first-order chi connectivity index (χ1) is 10.5. The second-order valence-electron chi connectivity index (χ2n) is 6.31. The molecular formula is C17H26O4S. The highest BCUT2D eigenvalue weighted by Crippen LogP contribution is 2.38. The highest BCUT2D eigenvalue weighted by atomic mass is 32.2. The van der Waals surface area contributed by atoms with Crippen molar-refractivity contribution in [1.29, 1.82) is 0 Å². The fourth-order valence-corrected chi connectivity index (χ4v) is 3.76. The van der Waals surface area contributed by atoms with Crippen molar-refractivity contribution in [3.05, 3.63) is 29.8 Å². The Labute approximate surface area is 133 Å². The van der Waals surface area contributed by atoms with E-state index in [4.69, 9.17) is 4.74 Å². The molecule has 0 radical (unpaired) electrons. The number of hydrogen-bond donors (Lipinski definition) is 1. The molecule has 0 aromatic heterocycles. The van der Waals surface area contributed by atoms with Crippen LogP contribution < -0.4 is 4.74 Å². The molecule has 1 aliphatic carbocycles. The summed E-state index contributed by atoms with van der Waals surface area (Å²) in [5.74, 6) is 2.07. The summed E-state index contributed by atoms with van der Waals surface area (Å²) in [7, 11) is -2.86. The number of sulfone groups is 1. The topological polar surface area (TPSA) is 63.6 Å². The lowest BCUT2D eigenvalue weighted by Gasteiger charge is -2.12. The quantitative estimate of drug-likeness (QED) is 0.746. The fraction of sp³-hybridized carbons (Fsp3) is 0.647. The Morgan fingerprint density at radius 3 is 2.50 bits per heavy atom. The zero-order chi connectivity index (χ0) is 16.0. The summed E-state index contributed by atoms with van der Waals surface area (Å²) in [5.41, 5.74) is 1.32. The molecule has 0 amide bonds. The summed E-state index contributed by atoms with van der Waals surface area (Å²) in [6.07, 6.45) is 5.98. The minimum Gasteiger partial charge on any atom is -0.494 e. The number of rotatable bonds is 8. The number of ether oxygens (including phenoxy) is 1. The largest absolute Gasteiger partial charge is 0.494 e. The molecule has 124 valence electrons. The lowest BCUT2D eigenvalue weighted by Crippen LogP contribution is -2.05. The van der Waals surface area contributed by atoms with Gasteiger partial charge in [0.15, 0.2) is 0 Å². The predicted octanol–water partition coefficient (Wildman–Crippen LogP) is 2.77. The predicted molar refractivity (Wildman–Crippen MR) is 88.0 cm³/mol. The van der Waals surface area contributed by atoms with Gasteiger partial charge in [-0.25, -0.2) is 8.42 Å². The van der Waals surface area contributed by atoms with E-state index < -0.39 is 9.84 Å². The first kappa shape index (κ1) is 17.3. The van der Waals surface area contributed by atoms with Crippen molar-refractivity contribution in [1.82, 2.24) is 0 Å². The first-order valence-corrected chi connectivity index (χ1v) is 10.1. The Balaban J connectivity index is 1.73. The average molecular weight is 326 g/mol. The van der Waals surface area contributed by atoms with E-state index in [1.807, 2.05) is 12.1 Å². The third-order valence-corrected chi connectivity index (χ3v) is 5.36. The molecule has 5 heteroatoms. The van der Waals surface area contributed by atoms with E-state index in [2.05, 4.69) is 12.1 Å². The average Bonchev–Trinajstić information content (AvgIpc) is 2.95. The van der Waals surface area contributed by atoms with Gasteiger partial charge in [-0.1, -0.05) is 12.1 Å². The fourth-order valence-electron chi connectivity index (χ4n) is 3.04. The Kier molecular flexibility index (Phi) is 6.26. The Morgan fingerprint density at radius 2 is 1.91 bits per heavy atom. The van der Waals surface area contributed by atoms with E-state index in [9.17, 15) is 13.5 Å². The van der Waals surface area contributed by atoms with Crippen LogP contribution in [0, 0.1) is 5.92 Å². The Hall–Kier alpha value is -1.07. The maximum atomic E-state index is 11.0. The van der Waals surface area contributed by atoms with Gasteiger partial charge in [-0.2, -0.15) is 0 Å². The van der Waals surface area contributed by atoms with Crippen LogP contribution in [0.3, 0.4) is 0 Å². The van der Waals surface area contributed by atoms with Gasteiger partial charge in [0.25, 0.3) is 0 Å². The van der Waals surface area contributed by atoms with E-state index in [0.717, 1.165) is 31.4 Å². The molecule has 1 saturated carbocycles. The van der Waals surface area contributed by atoms with E-state index in [0.29, 0.717) is 31.5 Å². The molecule has 4 nitrogen and oxygen atoms in total. The van der Waals surface area contributed by atoms with E-state index >= 15 is 0 Å². The summed E-state index contributed by atoms with van der Waals surface area (Å²) in [4.78, 5) is 0. The molecule has 0 saturated heterocycles. The zero-order valence-electron chi connectivity index (χ0n) is 13.2. The normalized spacial score (nSPS) is 21.9. The number of unbranched alkanes of at least 4 members (excludes halogenated alkanes) is 1. The van der Waals surface area contributed by atoms with Gasteiger partial charge in [0.2, 0.25) is 0 Å². The van der Waals surface area contributed by atoms with Crippen molar-refractivity contribution in [2.24, 2.45) is 5.92 Å². The summed E-state index contributed by atoms with van der Waals surface area (Å²) < 4.78 is 27.7. The van der Waals surface area contributed by atoms with E-state index in [1.165, 1.54) is 11.8 Å². The molecule has 0 spiro atoms. The van der Waals surface area contributed by atoms with Crippen molar-refractivity contribution in [3.8, 4) is 5.75 Å². The number of aliphatic hydroxyl groups is 1. The molecular weight excluding hydrogens is 300 g/mol. The smallest absolute Gasteiger partial charge is 0.147 e. The van der Waals surface area contributed by atoms with E-state index in [-0.39, 0.29) is 5.75 Å². The third kappa shape index (κ3) is 5.61. The molecule has 0 aliphatic heterocycles. The van der Waals surface area contributed by atoms with Gasteiger partial charge < -0.3 is 9.84 Å². The van der Waals surface area contributed by atoms with Crippen LogP contribution >= 0.6 is 0 Å². The van der Waals surface area contributed by atoms with Gasteiger partial charge in [-0.05, 0) is 61.6 Å². The van der Waals surface area contributed by atoms with Crippen molar-refractivity contribution < 1.29 is 18.3 Å². The van der Waals surface area contributed by atoms with Crippen LogP contribution in [0.2, 0.25) is 0 Å². The Bertz CT molecular complexity index is 551. The lowest BCUT2D eigenvalue weighted by atomic mass is 9.96. The van der Waals surface area contributed by atoms with Crippen LogP contribution in [-0.4, -0.2) is 38.7 Å². The molecule has 1 aromatic carbocycles. The monoisotopic (exact) mass is 326 g/mol. The van der Waals surface area contributed by atoms with Crippen molar-refractivity contribution >= 4 is 9.84 Å². The molecule has 22 heavy (non-hydrogen) atoms. The van der Waals surface area contributed by atoms with Gasteiger partial charge in [-0.15, -0.1) is 0 Å². The van der Waals surface area contributed by atoms with Crippen LogP contribution in [0.4, 0.5) is 0 Å². The Morgan fingerprint density at radius 1 is 1.18 bits per heavy atom. The van der Waals surface area contributed by atoms with Gasteiger partial charge >= 0.3 is 0 Å². The lowest BCUT2D eigenvalue weighted by molar-refractivity contribution is 0.229. The second kappa shape index (κ2) is 7.97. The first-order valence-electron chi connectivity index (χ1n) is 7.99. The molecule has 1 fully saturated rings. The van der Waals surface area contributed by atoms with Crippen LogP contribution in [0.1, 0.15) is 43.6 Å². The number of hydrogen-bond acceptors (Lipinski definition) is 4. The summed E-state index contributed by atoms with van der Waals surface area (Å²) >= 11 is 0. The molecule has 0 heterocycles. The molecule has 1 N–H and O–H groups in total. The van der Waals surface area contributed by atoms with E-state index in [1.54, 1.807) is 0 Å². The van der Waals surface area contributed by atoms with Gasteiger partial charge in [0, 0.05) is 12.9 Å². The van der Waals surface area contributed by atoms with Crippen LogP contribution in [0.25, 0.3) is 0 Å². The molecule has 1 aromatic rings. The van der Waals surface area contributed by atoms with Gasteiger partial charge in [0.05, 0.1) is 12.4 Å². The highest BCUT2D eigenvalue weighted by molar-refractivity contribution is 7.90. The summed E-state index contributed by atoms with van der Waals surface area (Å²) in [6, 6.07) is 8.18. The van der Waals surface area contributed by atoms with Crippen LogP contribution in [-0.2, 0) is 9.84 Å². The van der Waals surface area contributed by atoms with Crippen molar-refractivity contribution in [3.63, 3.8) is 0 Å². The van der Waals surface area contributed by atoms with Crippen molar-refractivity contribution in [2.75, 3.05) is 25.2 Å². The minimum absolute atomic E-state index is 0.225. The van der Waals surface area contributed by atoms with Gasteiger partial charge in [-0.3, -0.25) is 0 Å². The zero-order valence-corrected chi connectivity index (χ0v) is 14.0. The molecule has 2 rings (SSSR count). The van der Waals surface area contributed by atoms with Crippen LogP contribution in [0.15, 0.2) is 24.3 Å².